The van der Waals surface area contributed by atoms with Crippen LogP contribution in [0.4, 0.5) is 4.39 Å². The molecule has 0 radical (unpaired) electrons. The van der Waals surface area contributed by atoms with Gasteiger partial charge in [0, 0.05) is 16.5 Å². The molecule has 0 aromatic heterocycles. The maximum atomic E-state index is 13.7. The lowest BCUT2D eigenvalue weighted by Gasteiger charge is -2.06. The molecule has 1 nitrogen and oxygen atoms in total. The fraction of sp³-hybridized carbons (Fsp3) is 0.0714. The molecule has 0 spiro atoms. The number of carbonyl (C=O) groups is 1. The molecule has 0 atom stereocenters. The summed E-state index contributed by atoms with van der Waals surface area (Å²) in [6.45, 7) is 0. The molecule has 0 amide bonds. The zero-order chi connectivity index (χ0) is 14.0. The summed E-state index contributed by atoms with van der Waals surface area (Å²) in [5.41, 5.74) is 0.502. The minimum Gasteiger partial charge on any atom is -0.294 e. The minimum atomic E-state index is -0.715. The van der Waals surface area contributed by atoms with Crippen LogP contribution in [0, 0.1) is 5.82 Å². The number of ketones is 1. The SMILES string of the molecule is O=C(Cc1cc(Cl)ccc1Cl)c1cccc(Cl)c1F. The molecule has 2 aromatic rings. The summed E-state index contributed by atoms with van der Waals surface area (Å²) in [6.07, 6.45) is -0.0311. The molecule has 0 aliphatic carbocycles. The second kappa shape index (κ2) is 5.91. The summed E-state index contributed by atoms with van der Waals surface area (Å²) < 4.78 is 13.7. The molecule has 0 saturated carbocycles. The topological polar surface area (TPSA) is 17.1 Å². The first-order valence-corrected chi connectivity index (χ1v) is 6.53. The molecule has 0 unspecified atom stereocenters. The van der Waals surface area contributed by atoms with E-state index in [9.17, 15) is 9.18 Å². The van der Waals surface area contributed by atoms with E-state index in [2.05, 4.69) is 0 Å². The Hall–Kier alpha value is -1.09. The maximum Gasteiger partial charge on any atom is 0.170 e. The van der Waals surface area contributed by atoms with Crippen molar-refractivity contribution in [2.75, 3.05) is 0 Å². The maximum absolute atomic E-state index is 13.7. The van der Waals surface area contributed by atoms with Gasteiger partial charge in [0.1, 0.15) is 0 Å². The first kappa shape index (κ1) is 14.3. The summed E-state index contributed by atoms with van der Waals surface area (Å²) in [4.78, 5) is 12.1. The van der Waals surface area contributed by atoms with E-state index in [0.717, 1.165) is 0 Å². The zero-order valence-corrected chi connectivity index (χ0v) is 11.9. The molecular formula is C14H8Cl3FO. The lowest BCUT2D eigenvalue weighted by Crippen LogP contribution is -2.07. The van der Waals surface area contributed by atoms with Gasteiger partial charge in [-0.25, -0.2) is 4.39 Å². The van der Waals surface area contributed by atoms with Gasteiger partial charge in [-0.05, 0) is 35.9 Å². The van der Waals surface area contributed by atoms with Crippen molar-refractivity contribution in [3.63, 3.8) is 0 Å². The largest absolute Gasteiger partial charge is 0.294 e. The van der Waals surface area contributed by atoms with E-state index in [1.54, 1.807) is 18.2 Å². The monoisotopic (exact) mass is 316 g/mol. The van der Waals surface area contributed by atoms with E-state index in [1.807, 2.05) is 0 Å². The van der Waals surface area contributed by atoms with Crippen LogP contribution >= 0.6 is 34.8 Å². The molecule has 5 heteroatoms. The normalized spacial score (nSPS) is 10.5. The second-order valence-corrected chi connectivity index (χ2v) is 5.19. The molecule has 0 heterocycles. The Morgan fingerprint density at radius 1 is 1.05 bits per heavy atom. The molecule has 98 valence electrons. The molecule has 19 heavy (non-hydrogen) atoms. The van der Waals surface area contributed by atoms with Gasteiger partial charge in [0.2, 0.25) is 0 Å². The lowest BCUT2D eigenvalue weighted by molar-refractivity contribution is 0.0989. The fourth-order valence-corrected chi connectivity index (χ4v) is 2.22. The van der Waals surface area contributed by atoms with E-state index >= 15 is 0 Å². The summed E-state index contributed by atoms with van der Waals surface area (Å²) in [6, 6.07) is 9.11. The zero-order valence-electron chi connectivity index (χ0n) is 9.59. The number of hydrogen-bond acceptors (Lipinski definition) is 1. The highest BCUT2D eigenvalue weighted by atomic mass is 35.5. The Morgan fingerprint density at radius 3 is 2.53 bits per heavy atom. The molecule has 2 rings (SSSR count). The van der Waals surface area contributed by atoms with Crippen molar-refractivity contribution >= 4 is 40.6 Å². The summed E-state index contributed by atoms with van der Waals surface area (Å²) in [5, 5.41) is 0.807. The van der Waals surface area contributed by atoms with E-state index in [1.165, 1.54) is 18.2 Å². The first-order chi connectivity index (χ1) is 8.99. The Labute approximate surface area is 124 Å². The van der Waals surface area contributed by atoms with Crippen LogP contribution in [0.2, 0.25) is 15.1 Å². The number of carbonyl (C=O) groups excluding carboxylic acids is 1. The van der Waals surface area contributed by atoms with Crippen molar-refractivity contribution in [2.45, 2.75) is 6.42 Å². The van der Waals surface area contributed by atoms with Crippen molar-refractivity contribution in [2.24, 2.45) is 0 Å². The number of Topliss-reactive ketones (excluding diaryl/α,β-unsaturated/α-hetero) is 1. The third-order valence-electron chi connectivity index (χ3n) is 2.61. The third-order valence-corrected chi connectivity index (χ3v) is 3.51. The van der Waals surface area contributed by atoms with Crippen LogP contribution in [-0.2, 0) is 6.42 Å². The van der Waals surface area contributed by atoms with Crippen molar-refractivity contribution in [1.82, 2.24) is 0 Å². The Bertz CT molecular complexity index is 641. The number of hydrogen-bond donors (Lipinski definition) is 0. The fourth-order valence-electron chi connectivity index (χ4n) is 1.67. The van der Waals surface area contributed by atoms with Gasteiger partial charge >= 0.3 is 0 Å². The predicted molar refractivity (Wildman–Crippen MR) is 75.9 cm³/mol. The molecule has 0 aliphatic heterocycles. The molecule has 2 aromatic carbocycles. The van der Waals surface area contributed by atoms with Crippen LogP contribution in [0.5, 0.6) is 0 Å². The third kappa shape index (κ3) is 3.27. The van der Waals surface area contributed by atoms with Crippen molar-refractivity contribution < 1.29 is 9.18 Å². The van der Waals surface area contributed by atoms with Crippen molar-refractivity contribution in [1.29, 1.82) is 0 Å². The summed E-state index contributed by atoms with van der Waals surface area (Å²) in [5.74, 6) is -1.11. The van der Waals surface area contributed by atoms with Gasteiger partial charge in [-0.2, -0.15) is 0 Å². The second-order valence-electron chi connectivity index (χ2n) is 3.94. The summed E-state index contributed by atoms with van der Waals surface area (Å²) >= 11 is 17.4. The van der Waals surface area contributed by atoms with E-state index < -0.39 is 11.6 Å². The van der Waals surface area contributed by atoms with Gasteiger partial charge in [-0.15, -0.1) is 0 Å². The van der Waals surface area contributed by atoms with Gasteiger partial charge in [0.25, 0.3) is 0 Å². The quantitative estimate of drug-likeness (QED) is 0.710. The van der Waals surface area contributed by atoms with Gasteiger partial charge in [0.05, 0.1) is 10.6 Å². The Morgan fingerprint density at radius 2 is 1.79 bits per heavy atom. The van der Waals surface area contributed by atoms with Crippen LogP contribution < -0.4 is 0 Å². The average molecular weight is 318 g/mol. The van der Waals surface area contributed by atoms with Crippen LogP contribution in [0.25, 0.3) is 0 Å². The Balaban J connectivity index is 2.31. The number of benzene rings is 2. The smallest absolute Gasteiger partial charge is 0.170 e. The highest BCUT2D eigenvalue weighted by Gasteiger charge is 2.16. The van der Waals surface area contributed by atoms with Gasteiger partial charge < -0.3 is 0 Å². The van der Waals surface area contributed by atoms with Crippen LogP contribution in [0.15, 0.2) is 36.4 Å². The number of halogens is 4. The lowest BCUT2D eigenvalue weighted by atomic mass is 10.0. The van der Waals surface area contributed by atoms with E-state index in [-0.39, 0.29) is 17.0 Å². The minimum absolute atomic E-state index is 0.0311. The standard InChI is InChI=1S/C14H8Cl3FO/c15-9-4-5-11(16)8(6-9)7-13(19)10-2-1-3-12(17)14(10)18/h1-6H,7H2. The van der Waals surface area contributed by atoms with Crippen molar-refractivity contribution in [3.8, 4) is 0 Å². The molecule has 0 fully saturated rings. The summed E-state index contributed by atoms with van der Waals surface area (Å²) in [7, 11) is 0. The van der Waals surface area contributed by atoms with Crippen molar-refractivity contribution in [3.05, 3.63) is 68.4 Å². The predicted octanol–water partition coefficient (Wildman–Crippen LogP) is 5.21. The average Bonchev–Trinajstić information content (AvgIpc) is 2.37. The van der Waals surface area contributed by atoms with Gasteiger partial charge in [-0.3, -0.25) is 4.79 Å². The first-order valence-electron chi connectivity index (χ1n) is 5.40. The molecule has 0 saturated heterocycles. The van der Waals surface area contributed by atoms with E-state index in [4.69, 9.17) is 34.8 Å². The van der Waals surface area contributed by atoms with E-state index in [0.29, 0.717) is 15.6 Å². The number of rotatable bonds is 3. The Kier molecular flexibility index (Phi) is 4.46. The molecular weight excluding hydrogens is 310 g/mol. The van der Waals surface area contributed by atoms with Gasteiger partial charge in [-0.1, -0.05) is 40.9 Å². The van der Waals surface area contributed by atoms with Crippen LogP contribution in [-0.4, -0.2) is 5.78 Å². The van der Waals surface area contributed by atoms with Crippen LogP contribution in [0.1, 0.15) is 15.9 Å². The van der Waals surface area contributed by atoms with Gasteiger partial charge in [0.15, 0.2) is 11.6 Å². The molecule has 0 aliphatic rings. The molecule has 0 bridgehead atoms. The highest BCUT2D eigenvalue weighted by molar-refractivity contribution is 6.34. The molecule has 0 N–H and O–H groups in total. The highest BCUT2D eigenvalue weighted by Crippen LogP contribution is 2.24. The van der Waals surface area contributed by atoms with Crippen LogP contribution in [0.3, 0.4) is 0 Å².